The molecule has 2 heterocycles. The molecular formula is C14H26N2O2. The average molecular weight is 254 g/mol. The number of hydrogen-bond donors (Lipinski definition) is 1. The summed E-state index contributed by atoms with van der Waals surface area (Å²) in [5, 5.41) is 10.1. The molecule has 0 spiro atoms. The molecule has 2 saturated heterocycles. The van der Waals surface area contributed by atoms with Crippen LogP contribution in [0.25, 0.3) is 0 Å². The Morgan fingerprint density at radius 1 is 1.33 bits per heavy atom. The van der Waals surface area contributed by atoms with Crippen molar-refractivity contribution in [3.8, 4) is 0 Å². The molecule has 2 aliphatic rings. The molecule has 18 heavy (non-hydrogen) atoms. The van der Waals surface area contributed by atoms with E-state index in [-0.39, 0.29) is 5.91 Å². The summed E-state index contributed by atoms with van der Waals surface area (Å²) in [6, 6.07) is 0.560. The topological polar surface area (TPSA) is 43.8 Å². The van der Waals surface area contributed by atoms with Crippen LogP contribution in [0.1, 0.15) is 39.5 Å². The molecule has 3 unspecified atom stereocenters. The zero-order chi connectivity index (χ0) is 13.1. The van der Waals surface area contributed by atoms with Crippen molar-refractivity contribution in [1.29, 1.82) is 0 Å². The molecule has 0 aliphatic carbocycles. The van der Waals surface area contributed by atoms with E-state index in [2.05, 4.69) is 18.7 Å². The van der Waals surface area contributed by atoms with Crippen molar-refractivity contribution >= 4 is 5.91 Å². The van der Waals surface area contributed by atoms with Gasteiger partial charge in [-0.2, -0.15) is 0 Å². The Bertz CT molecular complexity index is 296. The highest BCUT2D eigenvalue weighted by Gasteiger charge is 2.27. The number of carbonyl (C=O) groups excluding carboxylic acids is 1. The van der Waals surface area contributed by atoms with Gasteiger partial charge in [0.05, 0.1) is 6.10 Å². The lowest BCUT2D eigenvalue weighted by molar-refractivity contribution is -0.129. The van der Waals surface area contributed by atoms with Gasteiger partial charge in [-0.05, 0) is 32.1 Å². The first-order chi connectivity index (χ1) is 8.56. The molecule has 1 N–H and O–H groups in total. The number of β-amino-alcohol motifs (C(OH)–C–C–N with tert-alkyl or cyclic N) is 1. The number of likely N-dealkylation sites (tertiary alicyclic amines) is 2. The van der Waals surface area contributed by atoms with Gasteiger partial charge in [-0.25, -0.2) is 0 Å². The van der Waals surface area contributed by atoms with Crippen LogP contribution in [-0.4, -0.2) is 59.1 Å². The Hall–Kier alpha value is -0.610. The van der Waals surface area contributed by atoms with Gasteiger partial charge >= 0.3 is 0 Å². The van der Waals surface area contributed by atoms with Crippen LogP contribution in [0.4, 0.5) is 0 Å². The van der Waals surface area contributed by atoms with Crippen LogP contribution in [0.3, 0.4) is 0 Å². The summed E-state index contributed by atoms with van der Waals surface area (Å²) in [5.74, 6) is 0.927. The Morgan fingerprint density at radius 2 is 2.11 bits per heavy atom. The fraction of sp³-hybridized carbons (Fsp3) is 0.929. The molecule has 3 atom stereocenters. The van der Waals surface area contributed by atoms with Crippen molar-refractivity contribution in [2.75, 3.05) is 26.2 Å². The largest absolute Gasteiger partial charge is 0.390 e. The monoisotopic (exact) mass is 254 g/mol. The quantitative estimate of drug-likeness (QED) is 0.817. The maximum atomic E-state index is 11.5. The first kappa shape index (κ1) is 13.8. The van der Waals surface area contributed by atoms with Crippen LogP contribution in [0.15, 0.2) is 0 Å². The minimum atomic E-state index is -0.403. The summed E-state index contributed by atoms with van der Waals surface area (Å²) in [5.41, 5.74) is 0. The SMILES string of the molecule is CC1CCC(C)N(CC(O)CN2CCCC2=O)C1. The van der Waals surface area contributed by atoms with Crippen LogP contribution in [0.2, 0.25) is 0 Å². The van der Waals surface area contributed by atoms with Gasteiger partial charge in [0.15, 0.2) is 0 Å². The highest BCUT2D eigenvalue weighted by Crippen LogP contribution is 2.21. The zero-order valence-electron chi connectivity index (χ0n) is 11.6. The van der Waals surface area contributed by atoms with Crippen LogP contribution in [-0.2, 0) is 4.79 Å². The molecule has 2 fully saturated rings. The van der Waals surface area contributed by atoms with E-state index in [1.165, 1.54) is 12.8 Å². The summed E-state index contributed by atoms with van der Waals surface area (Å²) in [7, 11) is 0. The van der Waals surface area contributed by atoms with Crippen LogP contribution >= 0.6 is 0 Å². The predicted octanol–water partition coefficient (Wildman–Crippen LogP) is 1.09. The summed E-state index contributed by atoms with van der Waals surface area (Å²) in [4.78, 5) is 15.7. The Balaban J connectivity index is 1.79. The van der Waals surface area contributed by atoms with Gasteiger partial charge in [0.1, 0.15) is 0 Å². The lowest BCUT2D eigenvalue weighted by atomic mass is 9.95. The normalized spacial score (nSPS) is 31.9. The molecule has 0 bridgehead atoms. The van der Waals surface area contributed by atoms with Gasteiger partial charge in [0.25, 0.3) is 0 Å². The van der Waals surface area contributed by atoms with Crippen molar-refractivity contribution in [1.82, 2.24) is 9.80 Å². The van der Waals surface area contributed by atoms with Crippen molar-refractivity contribution < 1.29 is 9.90 Å². The highest BCUT2D eigenvalue weighted by atomic mass is 16.3. The summed E-state index contributed by atoms with van der Waals surface area (Å²) in [6.45, 7) is 7.62. The van der Waals surface area contributed by atoms with Crippen molar-refractivity contribution in [3.05, 3.63) is 0 Å². The minimum absolute atomic E-state index is 0.203. The first-order valence-corrected chi connectivity index (χ1v) is 7.26. The second kappa shape index (κ2) is 6.02. The van der Waals surface area contributed by atoms with E-state index in [9.17, 15) is 9.90 Å². The predicted molar refractivity (Wildman–Crippen MR) is 71.3 cm³/mol. The number of amides is 1. The first-order valence-electron chi connectivity index (χ1n) is 7.26. The Morgan fingerprint density at radius 3 is 2.78 bits per heavy atom. The summed E-state index contributed by atoms with van der Waals surface area (Å²) >= 11 is 0. The number of rotatable bonds is 4. The van der Waals surface area contributed by atoms with Gasteiger partial charge in [-0.1, -0.05) is 6.92 Å². The van der Waals surface area contributed by atoms with E-state index in [0.29, 0.717) is 25.6 Å². The number of aliphatic hydroxyl groups excluding tert-OH is 1. The number of piperidine rings is 1. The van der Waals surface area contributed by atoms with Crippen LogP contribution < -0.4 is 0 Å². The third-order valence-corrected chi connectivity index (χ3v) is 4.29. The van der Waals surface area contributed by atoms with Gasteiger partial charge in [-0.3, -0.25) is 9.69 Å². The van der Waals surface area contributed by atoms with E-state index in [4.69, 9.17) is 0 Å². The molecule has 0 radical (unpaired) electrons. The molecule has 104 valence electrons. The second-order valence-electron chi connectivity index (χ2n) is 6.08. The van der Waals surface area contributed by atoms with Crippen molar-refractivity contribution in [3.63, 3.8) is 0 Å². The van der Waals surface area contributed by atoms with Crippen molar-refractivity contribution in [2.45, 2.75) is 51.7 Å². The maximum absolute atomic E-state index is 11.5. The number of aliphatic hydroxyl groups is 1. The highest BCUT2D eigenvalue weighted by molar-refractivity contribution is 5.78. The minimum Gasteiger partial charge on any atom is -0.390 e. The van der Waals surface area contributed by atoms with E-state index in [1.54, 1.807) is 0 Å². The van der Waals surface area contributed by atoms with Gasteiger partial charge in [0, 0.05) is 38.6 Å². The average Bonchev–Trinajstić information content (AvgIpc) is 2.70. The van der Waals surface area contributed by atoms with Crippen molar-refractivity contribution in [2.24, 2.45) is 5.92 Å². The summed E-state index contributed by atoms with van der Waals surface area (Å²) in [6.07, 6.45) is 3.71. The molecule has 1 amide bonds. The van der Waals surface area contributed by atoms with E-state index < -0.39 is 6.10 Å². The third kappa shape index (κ3) is 3.45. The molecule has 2 aliphatic heterocycles. The van der Waals surface area contributed by atoms with Crippen LogP contribution in [0.5, 0.6) is 0 Å². The fourth-order valence-corrected chi connectivity index (χ4v) is 3.11. The fourth-order valence-electron chi connectivity index (χ4n) is 3.11. The lowest BCUT2D eigenvalue weighted by Gasteiger charge is -2.38. The van der Waals surface area contributed by atoms with Gasteiger partial charge in [0.2, 0.25) is 5.91 Å². The van der Waals surface area contributed by atoms with E-state index in [0.717, 1.165) is 25.4 Å². The molecule has 4 heteroatoms. The van der Waals surface area contributed by atoms with Gasteiger partial charge < -0.3 is 10.0 Å². The standard InChI is InChI=1S/C14H26N2O2/c1-11-5-6-12(2)16(8-11)10-13(17)9-15-7-3-4-14(15)18/h11-13,17H,3-10H2,1-2H3. The van der Waals surface area contributed by atoms with Gasteiger partial charge in [-0.15, -0.1) is 0 Å². The molecule has 0 aromatic heterocycles. The Labute approximate surface area is 110 Å². The van der Waals surface area contributed by atoms with Crippen LogP contribution in [0, 0.1) is 5.92 Å². The molecule has 0 aromatic carbocycles. The number of nitrogens with zero attached hydrogens (tertiary/aromatic N) is 2. The van der Waals surface area contributed by atoms with E-state index in [1.807, 2.05) is 4.90 Å². The zero-order valence-corrected chi connectivity index (χ0v) is 11.6. The molecular weight excluding hydrogens is 228 g/mol. The smallest absolute Gasteiger partial charge is 0.222 e. The molecule has 4 nitrogen and oxygen atoms in total. The maximum Gasteiger partial charge on any atom is 0.222 e. The number of carbonyl (C=O) groups is 1. The molecule has 2 rings (SSSR count). The number of hydrogen-bond acceptors (Lipinski definition) is 3. The molecule has 0 saturated carbocycles. The lowest BCUT2D eigenvalue weighted by Crippen LogP contribution is -2.47. The Kier molecular flexibility index (Phi) is 4.62. The van der Waals surface area contributed by atoms with E-state index >= 15 is 0 Å². The summed E-state index contributed by atoms with van der Waals surface area (Å²) < 4.78 is 0. The third-order valence-electron chi connectivity index (χ3n) is 4.29. The molecule has 0 aromatic rings. The second-order valence-corrected chi connectivity index (χ2v) is 6.08.